The monoisotopic (exact) mass is 275 g/mol. The Labute approximate surface area is 118 Å². The second-order valence-electron chi connectivity index (χ2n) is 4.63. The minimum absolute atomic E-state index is 0.743. The van der Waals surface area contributed by atoms with Crippen molar-refractivity contribution in [2.75, 3.05) is 23.7 Å². The molecule has 2 aromatic rings. The number of aromatic nitrogens is 5. The molecule has 20 heavy (non-hydrogen) atoms. The Morgan fingerprint density at radius 2 is 1.85 bits per heavy atom. The number of hydrogen-bond acceptors (Lipinski definition) is 6. The molecule has 2 aromatic heterocycles. The van der Waals surface area contributed by atoms with Gasteiger partial charge in [-0.05, 0) is 20.8 Å². The summed E-state index contributed by atoms with van der Waals surface area (Å²) in [7, 11) is 1.87. The zero-order valence-corrected chi connectivity index (χ0v) is 12.4. The molecule has 0 fully saturated rings. The number of hydrogen-bond donors (Lipinski definition) is 2. The maximum Gasteiger partial charge on any atom is 0.152 e. The van der Waals surface area contributed by atoms with Crippen LogP contribution in [-0.2, 0) is 13.5 Å². The van der Waals surface area contributed by atoms with Gasteiger partial charge in [-0.3, -0.25) is 4.68 Å². The lowest BCUT2D eigenvalue weighted by atomic mass is 10.3. The predicted molar refractivity (Wildman–Crippen MR) is 78.9 cm³/mol. The van der Waals surface area contributed by atoms with Crippen molar-refractivity contribution in [3.8, 4) is 0 Å². The highest BCUT2D eigenvalue weighted by Crippen LogP contribution is 2.19. The minimum atomic E-state index is 0.743. The van der Waals surface area contributed by atoms with E-state index >= 15 is 0 Å². The normalized spacial score (nSPS) is 10.6. The number of anilines is 2. The first-order valence-corrected chi connectivity index (χ1v) is 6.77. The van der Waals surface area contributed by atoms with Crippen LogP contribution in [0.15, 0.2) is 6.33 Å². The largest absolute Gasteiger partial charge is 0.370 e. The third-order valence-electron chi connectivity index (χ3n) is 2.89. The number of rotatable bonds is 6. The Kier molecular flexibility index (Phi) is 4.49. The molecule has 0 aliphatic carbocycles. The predicted octanol–water partition coefficient (Wildman–Crippen LogP) is 1.31. The molecule has 0 bridgehead atoms. The van der Waals surface area contributed by atoms with Gasteiger partial charge in [-0.15, -0.1) is 0 Å². The fourth-order valence-electron chi connectivity index (χ4n) is 1.93. The summed E-state index contributed by atoms with van der Waals surface area (Å²) < 4.78 is 1.71. The Balaban J connectivity index is 2.01. The number of nitrogens with one attached hydrogen (secondary N) is 2. The molecule has 0 aliphatic rings. The van der Waals surface area contributed by atoms with E-state index in [0.29, 0.717) is 0 Å². The highest BCUT2D eigenvalue weighted by atomic mass is 15.3. The van der Waals surface area contributed by atoms with E-state index in [1.54, 1.807) is 11.0 Å². The van der Waals surface area contributed by atoms with E-state index in [0.717, 1.165) is 48.4 Å². The molecule has 0 unspecified atom stereocenters. The fraction of sp³-hybridized carbons (Fsp3) is 0.538. The molecule has 0 atom stereocenters. The van der Waals surface area contributed by atoms with Crippen molar-refractivity contribution in [3.63, 3.8) is 0 Å². The smallest absolute Gasteiger partial charge is 0.152 e. The summed E-state index contributed by atoms with van der Waals surface area (Å²) in [5, 5.41) is 10.8. The van der Waals surface area contributed by atoms with Crippen molar-refractivity contribution in [1.82, 2.24) is 24.7 Å². The topological polar surface area (TPSA) is 80.5 Å². The first-order valence-electron chi connectivity index (χ1n) is 6.77. The number of aryl methyl sites for hydroxylation is 2. The van der Waals surface area contributed by atoms with E-state index in [4.69, 9.17) is 0 Å². The SMILES string of the molecule is CCNc1nc(C)nc(NCCc2ncn(C)n2)c1C. The molecule has 108 valence electrons. The van der Waals surface area contributed by atoms with Crippen LogP contribution >= 0.6 is 0 Å². The van der Waals surface area contributed by atoms with Crippen molar-refractivity contribution >= 4 is 11.6 Å². The van der Waals surface area contributed by atoms with Crippen LogP contribution in [0.3, 0.4) is 0 Å². The molecule has 0 saturated carbocycles. The summed E-state index contributed by atoms with van der Waals surface area (Å²) in [5.41, 5.74) is 1.03. The Bertz CT molecular complexity index is 576. The molecule has 2 heterocycles. The molecule has 0 saturated heterocycles. The summed E-state index contributed by atoms with van der Waals surface area (Å²) >= 11 is 0. The molecule has 7 heteroatoms. The van der Waals surface area contributed by atoms with E-state index < -0.39 is 0 Å². The summed E-state index contributed by atoms with van der Waals surface area (Å²) in [6.45, 7) is 7.54. The van der Waals surface area contributed by atoms with Crippen LogP contribution < -0.4 is 10.6 Å². The first kappa shape index (κ1) is 14.2. The molecule has 2 N–H and O–H groups in total. The van der Waals surface area contributed by atoms with Crippen molar-refractivity contribution in [1.29, 1.82) is 0 Å². The lowest BCUT2D eigenvalue weighted by Crippen LogP contribution is -2.12. The standard InChI is InChI=1S/C13H21N7/c1-5-14-12-9(2)13(18-10(3)17-12)15-7-6-11-16-8-20(4)19-11/h8H,5-7H2,1-4H3,(H2,14,15,17,18). The maximum absolute atomic E-state index is 4.44. The van der Waals surface area contributed by atoms with E-state index in [1.807, 2.05) is 20.9 Å². The quantitative estimate of drug-likeness (QED) is 0.827. The third kappa shape index (κ3) is 3.43. The van der Waals surface area contributed by atoms with Gasteiger partial charge < -0.3 is 10.6 Å². The second kappa shape index (κ2) is 6.31. The van der Waals surface area contributed by atoms with E-state index in [1.165, 1.54) is 0 Å². The van der Waals surface area contributed by atoms with Gasteiger partial charge in [0, 0.05) is 32.1 Å². The van der Waals surface area contributed by atoms with Gasteiger partial charge in [-0.2, -0.15) is 5.10 Å². The zero-order chi connectivity index (χ0) is 14.5. The van der Waals surface area contributed by atoms with Crippen molar-refractivity contribution in [2.24, 2.45) is 7.05 Å². The van der Waals surface area contributed by atoms with E-state index in [2.05, 4.69) is 37.6 Å². The fourth-order valence-corrected chi connectivity index (χ4v) is 1.93. The molecule has 0 amide bonds. The van der Waals surface area contributed by atoms with Crippen LogP contribution in [0.5, 0.6) is 0 Å². The molecule has 0 aromatic carbocycles. The summed E-state index contributed by atoms with van der Waals surface area (Å²) in [6, 6.07) is 0. The van der Waals surface area contributed by atoms with Crippen LogP contribution in [0.2, 0.25) is 0 Å². The highest BCUT2D eigenvalue weighted by Gasteiger charge is 2.08. The van der Waals surface area contributed by atoms with Gasteiger partial charge in [0.15, 0.2) is 5.82 Å². The van der Waals surface area contributed by atoms with Crippen LogP contribution in [-0.4, -0.2) is 37.8 Å². The Morgan fingerprint density at radius 1 is 1.15 bits per heavy atom. The van der Waals surface area contributed by atoms with Gasteiger partial charge in [-0.25, -0.2) is 15.0 Å². The van der Waals surface area contributed by atoms with Crippen molar-refractivity contribution in [3.05, 3.63) is 23.5 Å². The maximum atomic E-state index is 4.44. The molecule has 0 radical (unpaired) electrons. The highest BCUT2D eigenvalue weighted by molar-refractivity contribution is 5.57. The molecule has 7 nitrogen and oxygen atoms in total. The van der Waals surface area contributed by atoms with Crippen LogP contribution in [0.1, 0.15) is 24.1 Å². The van der Waals surface area contributed by atoms with Gasteiger partial charge in [0.05, 0.1) is 0 Å². The Morgan fingerprint density at radius 3 is 2.45 bits per heavy atom. The van der Waals surface area contributed by atoms with Gasteiger partial charge in [-0.1, -0.05) is 0 Å². The van der Waals surface area contributed by atoms with E-state index in [-0.39, 0.29) is 0 Å². The van der Waals surface area contributed by atoms with Gasteiger partial charge >= 0.3 is 0 Å². The van der Waals surface area contributed by atoms with Crippen LogP contribution in [0.25, 0.3) is 0 Å². The lowest BCUT2D eigenvalue weighted by Gasteiger charge is -2.13. The molecule has 0 aliphatic heterocycles. The first-order chi connectivity index (χ1) is 9.60. The summed E-state index contributed by atoms with van der Waals surface area (Å²) in [5.74, 6) is 3.34. The molecular formula is C13H21N7. The van der Waals surface area contributed by atoms with Gasteiger partial charge in [0.1, 0.15) is 23.8 Å². The second-order valence-corrected chi connectivity index (χ2v) is 4.63. The van der Waals surface area contributed by atoms with Crippen LogP contribution in [0, 0.1) is 13.8 Å². The van der Waals surface area contributed by atoms with Gasteiger partial charge in [0.2, 0.25) is 0 Å². The zero-order valence-electron chi connectivity index (χ0n) is 12.4. The Hall–Kier alpha value is -2.18. The average molecular weight is 275 g/mol. The lowest BCUT2D eigenvalue weighted by molar-refractivity contribution is 0.741. The minimum Gasteiger partial charge on any atom is -0.370 e. The summed E-state index contributed by atoms with van der Waals surface area (Å²) in [4.78, 5) is 13.0. The molecule has 2 rings (SSSR count). The van der Waals surface area contributed by atoms with Gasteiger partial charge in [0.25, 0.3) is 0 Å². The van der Waals surface area contributed by atoms with E-state index in [9.17, 15) is 0 Å². The molecule has 0 spiro atoms. The summed E-state index contributed by atoms with van der Waals surface area (Å²) in [6.07, 6.45) is 2.47. The number of nitrogens with zero attached hydrogens (tertiary/aromatic N) is 5. The van der Waals surface area contributed by atoms with Crippen molar-refractivity contribution < 1.29 is 0 Å². The van der Waals surface area contributed by atoms with Crippen molar-refractivity contribution in [2.45, 2.75) is 27.2 Å². The van der Waals surface area contributed by atoms with Crippen LogP contribution in [0.4, 0.5) is 11.6 Å². The third-order valence-corrected chi connectivity index (χ3v) is 2.89. The molecular weight excluding hydrogens is 254 g/mol. The average Bonchev–Trinajstić information content (AvgIpc) is 2.81.